The summed E-state index contributed by atoms with van der Waals surface area (Å²) < 4.78 is 0. The molecule has 16 heavy (non-hydrogen) atoms. The zero-order valence-electron chi connectivity index (χ0n) is 10.3. The van der Waals surface area contributed by atoms with Crippen LogP contribution in [0.15, 0.2) is 24.8 Å². The monoisotopic (exact) mass is 236 g/mol. The normalized spacial score (nSPS) is 10.8. The maximum Gasteiger partial charge on any atom is 0.0446 e. The number of benzene rings is 1. The van der Waals surface area contributed by atoms with Crippen molar-refractivity contribution in [2.45, 2.75) is 45.4 Å². The quantitative estimate of drug-likeness (QED) is 0.597. The van der Waals surface area contributed by atoms with Crippen LogP contribution in [0.4, 0.5) is 0 Å². The Kier molecular flexibility index (Phi) is 5.62. The van der Waals surface area contributed by atoms with Crippen molar-refractivity contribution in [1.82, 2.24) is 0 Å². The standard InChI is InChI=1S/C15H21Cl/c1-4-7-13(8-5-2)14-10-9-12(6-3)11-15(14)16/h6,9-11,13H,3-5,7-8H2,1-2H3. The van der Waals surface area contributed by atoms with Gasteiger partial charge in [0.2, 0.25) is 0 Å². The summed E-state index contributed by atoms with van der Waals surface area (Å²) >= 11 is 6.33. The smallest absolute Gasteiger partial charge is 0.0446 e. The fourth-order valence-electron chi connectivity index (χ4n) is 2.15. The van der Waals surface area contributed by atoms with Crippen molar-refractivity contribution in [2.24, 2.45) is 0 Å². The summed E-state index contributed by atoms with van der Waals surface area (Å²) in [5.41, 5.74) is 2.40. The van der Waals surface area contributed by atoms with E-state index in [-0.39, 0.29) is 0 Å². The summed E-state index contributed by atoms with van der Waals surface area (Å²) in [4.78, 5) is 0. The van der Waals surface area contributed by atoms with Crippen LogP contribution in [0, 0.1) is 0 Å². The lowest BCUT2D eigenvalue weighted by Crippen LogP contribution is -1.99. The molecule has 0 aliphatic rings. The molecule has 0 heterocycles. The molecule has 0 saturated heterocycles. The molecule has 1 aromatic carbocycles. The van der Waals surface area contributed by atoms with Crippen molar-refractivity contribution >= 4 is 17.7 Å². The Morgan fingerprint density at radius 3 is 2.31 bits per heavy atom. The van der Waals surface area contributed by atoms with E-state index in [2.05, 4.69) is 32.6 Å². The van der Waals surface area contributed by atoms with E-state index >= 15 is 0 Å². The maximum absolute atomic E-state index is 6.33. The molecule has 1 heteroatoms. The highest BCUT2D eigenvalue weighted by atomic mass is 35.5. The largest absolute Gasteiger partial charge is 0.0985 e. The van der Waals surface area contributed by atoms with Gasteiger partial charge in [0.1, 0.15) is 0 Å². The molecule has 0 saturated carbocycles. The number of hydrogen-bond donors (Lipinski definition) is 0. The first-order valence-electron chi connectivity index (χ1n) is 6.14. The van der Waals surface area contributed by atoms with E-state index in [4.69, 9.17) is 11.6 Å². The minimum Gasteiger partial charge on any atom is -0.0985 e. The molecule has 0 radical (unpaired) electrons. The zero-order chi connectivity index (χ0) is 12.0. The molecule has 1 rings (SSSR count). The predicted octanol–water partition coefficient (Wildman–Crippen LogP) is 5.67. The highest BCUT2D eigenvalue weighted by Crippen LogP contribution is 2.32. The fraction of sp³-hybridized carbons (Fsp3) is 0.467. The van der Waals surface area contributed by atoms with Gasteiger partial charge in [-0.3, -0.25) is 0 Å². The summed E-state index contributed by atoms with van der Waals surface area (Å²) in [5.74, 6) is 0.612. The molecule has 0 bridgehead atoms. The third kappa shape index (κ3) is 3.38. The van der Waals surface area contributed by atoms with Crippen molar-refractivity contribution in [3.8, 4) is 0 Å². The minimum absolute atomic E-state index is 0.612. The second kappa shape index (κ2) is 6.75. The Morgan fingerprint density at radius 1 is 1.25 bits per heavy atom. The van der Waals surface area contributed by atoms with Crippen LogP contribution >= 0.6 is 11.6 Å². The summed E-state index contributed by atoms with van der Waals surface area (Å²) in [6.07, 6.45) is 6.71. The van der Waals surface area contributed by atoms with Crippen molar-refractivity contribution < 1.29 is 0 Å². The van der Waals surface area contributed by atoms with Crippen LogP contribution in [0.25, 0.3) is 6.08 Å². The van der Waals surface area contributed by atoms with Gasteiger partial charge in [-0.05, 0) is 36.0 Å². The number of rotatable bonds is 6. The first-order valence-corrected chi connectivity index (χ1v) is 6.52. The van der Waals surface area contributed by atoms with E-state index < -0.39 is 0 Å². The molecule has 0 amide bonds. The summed E-state index contributed by atoms with van der Waals surface area (Å²) in [6, 6.07) is 6.28. The van der Waals surface area contributed by atoms with E-state index in [9.17, 15) is 0 Å². The Labute approximate surface area is 104 Å². The van der Waals surface area contributed by atoms with E-state index in [1.54, 1.807) is 0 Å². The molecule has 0 fully saturated rings. The third-order valence-electron chi connectivity index (χ3n) is 2.97. The van der Waals surface area contributed by atoms with Gasteiger partial charge in [0, 0.05) is 5.02 Å². The zero-order valence-corrected chi connectivity index (χ0v) is 11.1. The summed E-state index contributed by atoms with van der Waals surface area (Å²) in [5, 5.41) is 0.893. The lowest BCUT2D eigenvalue weighted by atomic mass is 9.90. The lowest BCUT2D eigenvalue weighted by Gasteiger charge is -2.17. The highest BCUT2D eigenvalue weighted by molar-refractivity contribution is 6.31. The van der Waals surface area contributed by atoms with E-state index in [0.29, 0.717) is 5.92 Å². The SMILES string of the molecule is C=Cc1ccc(C(CCC)CCC)c(Cl)c1. The highest BCUT2D eigenvalue weighted by Gasteiger charge is 2.13. The summed E-state index contributed by atoms with van der Waals surface area (Å²) in [6.45, 7) is 8.22. The van der Waals surface area contributed by atoms with Gasteiger partial charge in [0.05, 0.1) is 0 Å². The molecule has 0 unspecified atom stereocenters. The number of hydrogen-bond acceptors (Lipinski definition) is 0. The fourth-order valence-corrected chi connectivity index (χ4v) is 2.50. The molecule has 0 aliphatic heterocycles. The first-order chi connectivity index (χ1) is 7.72. The molecule has 1 aromatic rings. The molecule has 88 valence electrons. The minimum atomic E-state index is 0.612. The number of halogens is 1. The molecule has 0 aliphatic carbocycles. The van der Waals surface area contributed by atoms with Crippen molar-refractivity contribution in [2.75, 3.05) is 0 Å². The van der Waals surface area contributed by atoms with E-state index in [1.165, 1.54) is 31.2 Å². The molecule has 0 atom stereocenters. The van der Waals surface area contributed by atoms with Gasteiger partial charge in [0.15, 0.2) is 0 Å². The molecule has 0 nitrogen and oxygen atoms in total. The first kappa shape index (κ1) is 13.3. The van der Waals surface area contributed by atoms with Gasteiger partial charge in [-0.1, -0.05) is 63.1 Å². The van der Waals surface area contributed by atoms with Crippen LogP contribution in [0.2, 0.25) is 5.02 Å². The van der Waals surface area contributed by atoms with Gasteiger partial charge in [-0.2, -0.15) is 0 Å². The molecular formula is C15H21Cl. The van der Waals surface area contributed by atoms with Crippen LogP contribution in [-0.2, 0) is 0 Å². The Morgan fingerprint density at radius 2 is 1.88 bits per heavy atom. The van der Waals surface area contributed by atoms with Crippen LogP contribution < -0.4 is 0 Å². The van der Waals surface area contributed by atoms with Crippen LogP contribution in [0.5, 0.6) is 0 Å². The Bertz CT molecular complexity index is 335. The van der Waals surface area contributed by atoms with Gasteiger partial charge >= 0.3 is 0 Å². The van der Waals surface area contributed by atoms with E-state index in [0.717, 1.165) is 10.6 Å². The van der Waals surface area contributed by atoms with Gasteiger partial charge < -0.3 is 0 Å². The lowest BCUT2D eigenvalue weighted by molar-refractivity contribution is 0.561. The molecule has 0 N–H and O–H groups in total. The summed E-state index contributed by atoms with van der Waals surface area (Å²) in [7, 11) is 0. The Hall–Kier alpha value is -0.750. The molecule has 0 spiro atoms. The van der Waals surface area contributed by atoms with Crippen molar-refractivity contribution in [3.63, 3.8) is 0 Å². The maximum atomic E-state index is 6.33. The van der Waals surface area contributed by atoms with Crippen molar-refractivity contribution in [1.29, 1.82) is 0 Å². The average Bonchev–Trinajstić information content (AvgIpc) is 2.29. The second-order valence-corrected chi connectivity index (χ2v) is 4.67. The molecule has 0 aromatic heterocycles. The molecular weight excluding hydrogens is 216 g/mol. The predicted molar refractivity (Wildman–Crippen MR) is 74.1 cm³/mol. The Balaban J connectivity index is 2.94. The van der Waals surface area contributed by atoms with E-state index in [1.807, 2.05) is 12.1 Å². The van der Waals surface area contributed by atoms with Crippen LogP contribution in [-0.4, -0.2) is 0 Å². The van der Waals surface area contributed by atoms with Crippen LogP contribution in [0.3, 0.4) is 0 Å². The topological polar surface area (TPSA) is 0 Å². The third-order valence-corrected chi connectivity index (χ3v) is 3.30. The van der Waals surface area contributed by atoms with Crippen LogP contribution in [0.1, 0.15) is 56.6 Å². The van der Waals surface area contributed by atoms with Crippen molar-refractivity contribution in [3.05, 3.63) is 40.9 Å². The average molecular weight is 237 g/mol. The van der Waals surface area contributed by atoms with Gasteiger partial charge in [-0.15, -0.1) is 0 Å². The van der Waals surface area contributed by atoms with Gasteiger partial charge in [-0.25, -0.2) is 0 Å². The second-order valence-electron chi connectivity index (χ2n) is 4.26. The van der Waals surface area contributed by atoms with Gasteiger partial charge in [0.25, 0.3) is 0 Å².